The predicted octanol–water partition coefficient (Wildman–Crippen LogP) is 11.6. The van der Waals surface area contributed by atoms with Crippen molar-refractivity contribution in [2.45, 2.75) is 45.1 Å². The summed E-state index contributed by atoms with van der Waals surface area (Å²) >= 11 is 0. The number of allylic oxidation sites excluding steroid dienone is 6. The Labute approximate surface area is 273 Å². The van der Waals surface area contributed by atoms with Gasteiger partial charge in [0.05, 0.1) is 11.7 Å². The van der Waals surface area contributed by atoms with Gasteiger partial charge < -0.3 is 9.80 Å². The highest BCUT2D eigenvalue weighted by atomic mass is 15.2. The molecule has 226 valence electrons. The van der Waals surface area contributed by atoms with Crippen molar-refractivity contribution in [3.63, 3.8) is 0 Å². The van der Waals surface area contributed by atoms with Gasteiger partial charge in [-0.15, -0.1) is 0 Å². The second-order valence-corrected chi connectivity index (χ2v) is 13.4. The smallest absolute Gasteiger partial charge is 0.0586 e. The molecule has 4 aromatic carbocycles. The number of fused-ring (bicyclic) bond motifs is 3. The molecule has 2 heteroatoms. The summed E-state index contributed by atoms with van der Waals surface area (Å²) < 4.78 is 0. The maximum atomic E-state index is 2.54. The van der Waals surface area contributed by atoms with Crippen molar-refractivity contribution in [1.82, 2.24) is 0 Å². The van der Waals surface area contributed by atoms with E-state index in [1.165, 1.54) is 61.8 Å². The van der Waals surface area contributed by atoms with Crippen molar-refractivity contribution in [2.24, 2.45) is 5.92 Å². The van der Waals surface area contributed by atoms with Crippen LogP contribution in [0.1, 0.15) is 55.9 Å². The number of benzene rings is 4. The van der Waals surface area contributed by atoms with Gasteiger partial charge in [-0.2, -0.15) is 0 Å². The van der Waals surface area contributed by atoms with E-state index in [2.05, 4.69) is 182 Å². The van der Waals surface area contributed by atoms with Crippen LogP contribution in [-0.2, 0) is 5.41 Å². The summed E-state index contributed by atoms with van der Waals surface area (Å²) in [6.07, 6.45) is 23.2. The van der Waals surface area contributed by atoms with E-state index < -0.39 is 0 Å². The van der Waals surface area contributed by atoms with Crippen LogP contribution in [0, 0.1) is 5.92 Å². The minimum absolute atomic E-state index is 0.141. The van der Waals surface area contributed by atoms with Gasteiger partial charge in [-0.3, -0.25) is 0 Å². The van der Waals surface area contributed by atoms with Crippen molar-refractivity contribution < 1.29 is 0 Å². The molecule has 0 N–H and O–H groups in total. The molecule has 46 heavy (non-hydrogen) atoms. The molecule has 2 unspecified atom stereocenters. The van der Waals surface area contributed by atoms with Crippen LogP contribution < -0.4 is 9.80 Å². The standard InChI is InChI=1S/C44H40N2/c1-31-30-37(26-29-39(31)46-42-18-10-6-14-34(42)22-23-35-15-7-11-19-43(35)46)44(2,3)36-24-27-38(28-25-36)45-40-16-8-4-12-32(40)20-21-33-13-5-9-17-41(33)45/h4,6-12,14-31,39H,5,13H2,1-3H3. The van der Waals surface area contributed by atoms with E-state index in [9.17, 15) is 0 Å². The molecule has 2 aliphatic carbocycles. The number of hydrogen-bond acceptors (Lipinski definition) is 2. The van der Waals surface area contributed by atoms with Crippen LogP contribution in [0.4, 0.5) is 22.7 Å². The summed E-state index contributed by atoms with van der Waals surface area (Å²) in [6.45, 7) is 7.09. The molecular weight excluding hydrogens is 556 g/mol. The average molecular weight is 597 g/mol. The normalized spacial score (nSPS) is 19.9. The Morgan fingerprint density at radius 1 is 0.630 bits per heavy atom. The first-order valence-corrected chi connectivity index (χ1v) is 16.6. The Hall–Kier alpha value is -5.08. The number of nitrogens with zero attached hydrogens (tertiary/aromatic N) is 2. The molecule has 0 amide bonds. The Morgan fingerprint density at radius 2 is 1.22 bits per heavy atom. The van der Waals surface area contributed by atoms with Gasteiger partial charge in [0.1, 0.15) is 0 Å². The molecule has 0 fully saturated rings. The fraction of sp³-hybridized carbons (Fsp3) is 0.182. The van der Waals surface area contributed by atoms with Crippen LogP contribution in [-0.4, -0.2) is 6.04 Å². The minimum atomic E-state index is -0.141. The van der Waals surface area contributed by atoms with E-state index >= 15 is 0 Å². The van der Waals surface area contributed by atoms with Gasteiger partial charge >= 0.3 is 0 Å². The molecule has 4 aliphatic rings. The first-order chi connectivity index (χ1) is 22.5. The molecule has 0 bridgehead atoms. The maximum absolute atomic E-state index is 2.54. The summed E-state index contributed by atoms with van der Waals surface area (Å²) in [4.78, 5) is 4.98. The van der Waals surface area contributed by atoms with Gasteiger partial charge in [0.25, 0.3) is 0 Å². The SMILES string of the molecule is CC1C=C(C(C)(C)c2ccc(N3C4=C(C=Cc5ccccc53)CCC=C4)cc2)C=CC1N1c2ccccc2C=Cc2ccccc21. The number of para-hydroxylation sites is 3. The zero-order valence-corrected chi connectivity index (χ0v) is 26.9. The van der Waals surface area contributed by atoms with E-state index in [-0.39, 0.29) is 11.5 Å². The van der Waals surface area contributed by atoms with Crippen LogP contribution in [0.3, 0.4) is 0 Å². The van der Waals surface area contributed by atoms with Crippen LogP contribution in [0.5, 0.6) is 0 Å². The first-order valence-electron chi connectivity index (χ1n) is 16.6. The summed E-state index contributed by atoms with van der Waals surface area (Å²) in [7, 11) is 0. The third-order valence-electron chi connectivity index (χ3n) is 10.2. The molecule has 0 spiro atoms. The third kappa shape index (κ3) is 4.81. The molecule has 4 aromatic rings. The highest BCUT2D eigenvalue weighted by molar-refractivity contribution is 5.89. The molecule has 0 saturated carbocycles. The van der Waals surface area contributed by atoms with Crippen LogP contribution in [0.15, 0.2) is 150 Å². The van der Waals surface area contributed by atoms with Crippen molar-refractivity contribution in [1.29, 1.82) is 0 Å². The topological polar surface area (TPSA) is 6.48 Å². The number of hydrogen-bond donors (Lipinski definition) is 0. The average Bonchev–Trinajstić information content (AvgIpc) is 3.37. The highest BCUT2D eigenvalue weighted by Crippen LogP contribution is 2.44. The van der Waals surface area contributed by atoms with Gasteiger partial charge in [-0.1, -0.05) is 136 Å². The molecular formula is C44H40N2. The van der Waals surface area contributed by atoms with Crippen molar-refractivity contribution >= 4 is 41.0 Å². The summed E-state index contributed by atoms with van der Waals surface area (Å²) in [5.74, 6) is 0.322. The van der Waals surface area contributed by atoms with E-state index in [1.807, 2.05) is 0 Å². The summed E-state index contributed by atoms with van der Waals surface area (Å²) in [5, 5.41) is 0. The van der Waals surface area contributed by atoms with E-state index in [0.717, 1.165) is 12.8 Å². The molecule has 0 aromatic heterocycles. The molecule has 0 radical (unpaired) electrons. The second-order valence-electron chi connectivity index (χ2n) is 13.4. The molecule has 2 nitrogen and oxygen atoms in total. The minimum Gasteiger partial charge on any atom is -0.333 e. The fourth-order valence-corrected chi connectivity index (χ4v) is 7.56. The third-order valence-corrected chi connectivity index (χ3v) is 10.2. The number of anilines is 4. The van der Waals surface area contributed by atoms with E-state index in [0.29, 0.717) is 5.92 Å². The Balaban J connectivity index is 1.11. The lowest BCUT2D eigenvalue weighted by atomic mass is 9.73. The summed E-state index contributed by atoms with van der Waals surface area (Å²) in [5.41, 5.74) is 13.9. The molecule has 8 rings (SSSR count). The quantitative estimate of drug-likeness (QED) is 0.231. The Kier molecular flexibility index (Phi) is 7.02. The molecule has 2 atom stereocenters. The van der Waals surface area contributed by atoms with E-state index in [1.54, 1.807) is 0 Å². The second kappa shape index (κ2) is 11.4. The van der Waals surface area contributed by atoms with Gasteiger partial charge in [0.2, 0.25) is 0 Å². The fourth-order valence-electron chi connectivity index (χ4n) is 7.56. The van der Waals surface area contributed by atoms with Gasteiger partial charge in [0.15, 0.2) is 0 Å². The van der Waals surface area contributed by atoms with E-state index in [4.69, 9.17) is 0 Å². The van der Waals surface area contributed by atoms with Gasteiger partial charge in [0, 0.05) is 28.2 Å². The van der Waals surface area contributed by atoms with Gasteiger partial charge in [-0.05, 0) is 88.6 Å². The first kappa shape index (κ1) is 28.4. The molecule has 2 aliphatic heterocycles. The van der Waals surface area contributed by atoms with Crippen LogP contribution in [0.2, 0.25) is 0 Å². The lowest BCUT2D eigenvalue weighted by Crippen LogP contribution is -2.37. The number of rotatable bonds is 4. The highest BCUT2D eigenvalue weighted by Gasteiger charge is 2.33. The van der Waals surface area contributed by atoms with Crippen molar-refractivity contribution in [3.05, 3.63) is 173 Å². The predicted molar refractivity (Wildman–Crippen MR) is 197 cm³/mol. The lowest BCUT2D eigenvalue weighted by Gasteiger charge is -2.39. The Morgan fingerprint density at radius 3 is 1.87 bits per heavy atom. The largest absolute Gasteiger partial charge is 0.333 e. The lowest BCUT2D eigenvalue weighted by molar-refractivity contribution is 0.568. The van der Waals surface area contributed by atoms with Crippen LogP contribution in [0.25, 0.3) is 18.2 Å². The molecule has 0 saturated heterocycles. The monoisotopic (exact) mass is 596 g/mol. The summed E-state index contributed by atoms with van der Waals surface area (Å²) in [6, 6.07) is 35.8. The zero-order valence-electron chi connectivity index (χ0n) is 26.9. The molecule has 2 heterocycles. The van der Waals surface area contributed by atoms with Crippen LogP contribution >= 0.6 is 0 Å². The zero-order chi connectivity index (χ0) is 31.3. The van der Waals surface area contributed by atoms with Crippen molar-refractivity contribution in [2.75, 3.05) is 9.80 Å². The van der Waals surface area contributed by atoms with Gasteiger partial charge in [-0.25, -0.2) is 0 Å². The Bertz CT molecular complexity index is 1950. The van der Waals surface area contributed by atoms with Crippen molar-refractivity contribution in [3.8, 4) is 0 Å². The maximum Gasteiger partial charge on any atom is 0.0586 e.